The quantitative estimate of drug-likeness (QED) is 0.910. The fourth-order valence-corrected chi connectivity index (χ4v) is 2.16. The second-order valence-electron chi connectivity index (χ2n) is 4.92. The van der Waals surface area contributed by atoms with Gasteiger partial charge in [-0.15, -0.1) is 0 Å². The molecule has 0 spiro atoms. The lowest BCUT2D eigenvalue weighted by atomic mass is 10.2. The molecule has 1 aromatic carbocycles. The van der Waals surface area contributed by atoms with Crippen LogP contribution in [0.2, 0.25) is 0 Å². The summed E-state index contributed by atoms with van der Waals surface area (Å²) in [5.74, 6) is 1.94. The predicted octanol–water partition coefficient (Wildman–Crippen LogP) is 2.19. The first kappa shape index (κ1) is 14.0. The summed E-state index contributed by atoms with van der Waals surface area (Å²) in [6.45, 7) is 4.86. The molecule has 3 rings (SSSR count). The average Bonchev–Trinajstić information content (AvgIpc) is 3.04. The van der Waals surface area contributed by atoms with Gasteiger partial charge in [0.15, 0.2) is 5.82 Å². The first-order valence-electron chi connectivity index (χ1n) is 7.25. The van der Waals surface area contributed by atoms with Gasteiger partial charge in [-0.1, -0.05) is 18.1 Å². The standard InChI is InChI=1S/C15H19N3O3/c1-2-7-20-12-5-3-4-11(9-12)15-17-14(18-21-15)13-10-19-8-6-16-13/h3-5,9,13,16H,2,6-8,10H2,1H3. The maximum atomic E-state index is 5.62. The molecule has 0 aliphatic carbocycles. The Morgan fingerprint density at radius 3 is 3.19 bits per heavy atom. The van der Waals surface area contributed by atoms with Crippen LogP contribution in [0.1, 0.15) is 25.2 Å². The number of benzene rings is 1. The Balaban J connectivity index is 1.76. The highest BCUT2D eigenvalue weighted by atomic mass is 16.5. The summed E-state index contributed by atoms with van der Waals surface area (Å²) in [6, 6.07) is 7.69. The van der Waals surface area contributed by atoms with E-state index in [9.17, 15) is 0 Å². The Morgan fingerprint density at radius 2 is 2.38 bits per heavy atom. The van der Waals surface area contributed by atoms with Crippen LogP contribution >= 0.6 is 0 Å². The zero-order valence-corrected chi connectivity index (χ0v) is 12.0. The van der Waals surface area contributed by atoms with Crippen molar-refractivity contribution in [2.75, 3.05) is 26.4 Å². The molecule has 6 nitrogen and oxygen atoms in total. The van der Waals surface area contributed by atoms with Crippen molar-refractivity contribution in [3.63, 3.8) is 0 Å². The third-order valence-electron chi connectivity index (χ3n) is 3.23. The molecule has 1 aromatic heterocycles. The normalized spacial score (nSPS) is 18.6. The molecule has 1 atom stereocenters. The third kappa shape index (κ3) is 3.40. The van der Waals surface area contributed by atoms with Crippen molar-refractivity contribution in [2.24, 2.45) is 0 Å². The molecule has 2 heterocycles. The fraction of sp³-hybridized carbons (Fsp3) is 0.467. The van der Waals surface area contributed by atoms with Gasteiger partial charge in [0, 0.05) is 12.1 Å². The van der Waals surface area contributed by atoms with E-state index < -0.39 is 0 Å². The Bertz CT molecular complexity index is 579. The summed E-state index contributed by atoms with van der Waals surface area (Å²) in [6.07, 6.45) is 0.974. The summed E-state index contributed by atoms with van der Waals surface area (Å²) < 4.78 is 16.4. The second kappa shape index (κ2) is 6.69. The van der Waals surface area contributed by atoms with Crippen LogP contribution in [0.15, 0.2) is 28.8 Å². The molecule has 1 fully saturated rings. The van der Waals surface area contributed by atoms with Crippen molar-refractivity contribution in [1.82, 2.24) is 15.5 Å². The van der Waals surface area contributed by atoms with Crippen molar-refractivity contribution >= 4 is 0 Å². The predicted molar refractivity (Wildman–Crippen MR) is 77.1 cm³/mol. The second-order valence-corrected chi connectivity index (χ2v) is 4.92. The molecule has 0 saturated carbocycles. The largest absolute Gasteiger partial charge is 0.494 e. The van der Waals surface area contributed by atoms with E-state index in [1.807, 2.05) is 24.3 Å². The van der Waals surface area contributed by atoms with E-state index in [1.165, 1.54) is 0 Å². The van der Waals surface area contributed by atoms with Gasteiger partial charge in [-0.2, -0.15) is 4.98 Å². The molecule has 6 heteroatoms. The minimum absolute atomic E-state index is 0.00391. The molecule has 0 radical (unpaired) electrons. The van der Waals surface area contributed by atoms with Crippen LogP contribution in [-0.4, -0.2) is 36.5 Å². The van der Waals surface area contributed by atoms with E-state index in [0.29, 0.717) is 24.9 Å². The molecule has 1 unspecified atom stereocenters. The van der Waals surface area contributed by atoms with E-state index >= 15 is 0 Å². The lowest BCUT2D eigenvalue weighted by molar-refractivity contribution is 0.0734. The Kier molecular flexibility index (Phi) is 4.47. The van der Waals surface area contributed by atoms with Crippen LogP contribution in [0.4, 0.5) is 0 Å². The first-order chi connectivity index (χ1) is 10.4. The summed E-state index contributed by atoms with van der Waals surface area (Å²) in [5.41, 5.74) is 0.860. The van der Waals surface area contributed by atoms with Gasteiger partial charge in [-0.3, -0.25) is 0 Å². The fourth-order valence-electron chi connectivity index (χ4n) is 2.16. The highest BCUT2D eigenvalue weighted by Gasteiger charge is 2.21. The van der Waals surface area contributed by atoms with Crippen LogP contribution < -0.4 is 10.1 Å². The number of hydrogen-bond donors (Lipinski definition) is 1. The minimum atomic E-state index is -0.00391. The molecule has 21 heavy (non-hydrogen) atoms. The highest BCUT2D eigenvalue weighted by Crippen LogP contribution is 2.24. The number of rotatable bonds is 5. The Morgan fingerprint density at radius 1 is 1.43 bits per heavy atom. The minimum Gasteiger partial charge on any atom is -0.494 e. The average molecular weight is 289 g/mol. The van der Waals surface area contributed by atoms with E-state index in [2.05, 4.69) is 22.4 Å². The zero-order valence-electron chi connectivity index (χ0n) is 12.0. The van der Waals surface area contributed by atoms with Gasteiger partial charge in [0.05, 0.1) is 25.9 Å². The number of morpholine rings is 1. The van der Waals surface area contributed by atoms with Crippen LogP contribution in [0.5, 0.6) is 5.75 Å². The maximum absolute atomic E-state index is 5.62. The SMILES string of the molecule is CCCOc1cccc(-c2nc(C3COCCN3)no2)c1. The molecule has 1 saturated heterocycles. The van der Waals surface area contributed by atoms with Gasteiger partial charge in [0.1, 0.15) is 5.75 Å². The zero-order chi connectivity index (χ0) is 14.5. The van der Waals surface area contributed by atoms with Crippen molar-refractivity contribution in [2.45, 2.75) is 19.4 Å². The van der Waals surface area contributed by atoms with E-state index in [1.54, 1.807) is 0 Å². The van der Waals surface area contributed by atoms with Gasteiger partial charge in [0.2, 0.25) is 0 Å². The summed E-state index contributed by atoms with van der Waals surface area (Å²) in [5, 5.41) is 7.34. The molecule has 1 aliphatic heterocycles. The highest BCUT2D eigenvalue weighted by molar-refractivity contribution is 5.55. The Labute approximate surface area is 123 Å². The van der Waals surface area contributed by atoms with Gasteiger partial charge >= 0.3 is 0 Å². The number of ether oxygens (including phenoxy) is 2. The topological polar surface area (TPSA) is 69.4 Å². The smallest absolute Gasteiger partial charge is 0.258 e. The van der Waals surface area contributed by atoms with Crippen LogP contribution in [0.3, 0.4) is 0 Å². The monoisotopic (exact) mass is 289 g/mol. The molecule has 1 aliphatic rings. The number of hydrogen-bond acceptors (Lipinski definition) is 6. The molecule has 2 aromatic rings. The van der Waals surface area contributed by atoms with Crippen LogP contribution in [0.25, 0.3) is 11.5 Å². The molecular formula is C15H19N3O3. The Hall–Kier alpha value is -1.92. The van der Waals surface area contributed by atoms with Crippen molar-refractivity contribution in [3.8, 4) is 17.2 Å². The maximum Gasteiger partial charge on any atom is 0.258 e. The molecule has 0 amide bonds. The van der Waals surface area contributed by atoms with Gasteiger partial charge in [-0.05, 0) is 24.6 Å². The van der Waals surface area contributed by atoms with Gasteiger partial charge in [-0.25, -0.2) is 0 Å². The molecular weight excluding hydrogens is 270 g/mol. The van der Waals surface area contributed by atoms with E-state index in [0.717, 1.165) is 30.9 Å². The molecule has 112 valence electrons. The van der Waals surface area contributed by atoms with Crippen molar-refractivity contribution in [3.05, 3.63) is 30.1 Å². The summed E-state index contributed by atoms with van der Waals surface area (Å²) >= 11 is 0. The first-order valence-corrected chi connectivity index (χ1v) is 7.25. The molecule has 0 bridgehead atoms. The number of nitrogens with zero attached hydrogens (tertiary/aromatic N) is 2. The third-order valence-corrected chi connectivity index (χ3v) is 3.23. The molecule has 1 N–H and O–H groups in total. The lowest BCUT2D eigenvalue weighted by Crippen LogP contribution is -2.35. The van der Waals surface area contributed by atoms with Crippen LogP contribution in [0, 0.1) is 0 Å². The number of nitrogens with one attached hydrogen (secondary N) is 1. The summed E-state index contributed by atoms with van der Waals surface area (Å²) in [4.78, 5) is 4.45. The number of aromatic nitrogens is 2. The van der Waals surface area contributed by atoms with Crippen molar-refractivity contribution < 1.29 is 14.0 Å². The van der Waals surface area contributed by atoms with Gasteiger partial charge in [0.25, 0.3) is 5.89 Å². The van der Waals surface area contributed by atoms with Gasteiger partial charge < -0.3 is 19.3 Å². The lowest BCUT2D eigenvalue weighted by Gasteiger charge is -2.20. The van der Waals surface area contributed by atoms with E-state index in [4.69, 9.17) is 14.0 Å². The summed E-state index contributed by atoms with van der Waals surface area (Å²) in [7, 11) is 0. The van der Waals surface area contributed by atoms with Crippen LogP contribution in [-0.2, 0) is 4.74 Å². The van der Waals surface area contributed by atoms with E-state index in [-0.39, 0.29) is 6.04 Å². The van der Waals surface area contributed by atoms with Crippen molar-refractivity contribution in [1.29, 1.82) is 0 Å².